The summed E-state index contributed by atoms with van der Waals surface area (Å²) >= 11 is 0. The summed E-state index contributed by atoms with van der Waals surface area (Å²) in [5, 5.41) is 3.65. The second kappa shape index (κ2) is 9.39. The molecule has 1 aromatic carbocycles. The van der Waals surface area contributed by atoms with E-state index in [4.69, 9.17) is 0 Å². The van der Waals surface area contributed by atoms with E-state index in [1.807, 2.05) is 0 Å². The van der Waals surface area contributed by atoms with Crippen molar-refractivity contribution >= 4 is 28.4 Å². The largest absolute Gasteiger partial charge is 0.351 e. The highest BCUT2D eigenvalue weighted by atomic mass is 19.1. The molecule has 2 aromatic rings. The van der Waals surface area contributed by atoms with Gasteiger partial charge in [0.05, 0.1) is 11.2 Å². The minimum atomic E-state index is -0.372. The van der Waals surface area contributed by atoms with Crippen molar-refractivity contribution in [2.24, 2.45) is 7.05 Å². The molecule has 0 spiro atoms. The molecule has 168 valence electrons. The average molecular weight is 429 g/mol. The lowest BCUT2D eigenvalue weighted by Gasteiger charge is -2.31. The second-order valence-corrected chi connectivity index (χ2v) is 8.95. The van der Waals surface area contributed by atoms with Crippen LogP contribution in [0.4, 0.5) is 10.1 Å². The van der Waals surface area contributed by atoms with Crippen molar-refractivity contribution in [1.82, 2.24) is 14.8 Å². The van der Waals surface area contributed by atoms with Gasteiger partial charge in [-0.15, -0.1) is 0 Å². The molecule has 1 N–H and O–H groups in total. The molecule has 1 aromatic heterocycles. The Balaban J connectivity index is 1.48. The quantitative estimate of drug-likeness (QED) is 0.682. The van der Waals surface area contributed by atoms with Crippen LogP contribution in [0.2, 0.25) is 0 Å². The van der Waals surface area contributed by atoms with E-state index in [1.165, 1.54) is 44.2 Å². The van der Waals surface area contributed by atoms with E-state index in [2.05, 4.69) is 17.3 Å². The fourth-order valence-corrected chi connectivity index (χ4v) is 5.13. The molecular weight excluding hydrogens is 395 g/mol. The van der Waals surface area contributed by atoms with Gasteiger partial charge in [-0.3, -0.25) is 9.59 Å². The van der Waals surface area contributed by atoms with Crippen LogP contribution in [0.15, 0.2) is 18.2 Å². The van der Waals surface area contributed by atoms with E-state index in [0.29, 0.717) is 42.3 Å². The molecule has 0 atom stereocenters. The Labute approximate surface area is 183 Å². The molecule has 2 amide bonds. The maximum absolute atomic E-state index is 14.0. The minimum Gasteiger partial charge on any atom is -0.351 e. The van der Waals surface area contributed by atoms with Crippen LogP contribution < -0.4 is 10.2 Å². The van der Waals surface area contributed by atoms with Crippen molar-refractivity contribution in [3.63, 3.8) is 0 Å². The first-order chi connectivity index (χ1) is 15.0. The average Bonchev–Trinajstić information content (AvgIpc) is 3.31. The summed E-state index contributed by atoms with van der Waals surface area (Å²) in [5.74, 6) is -0.599. The van der Waals surface area contributed by atoms with Crippen molar-refractivity contribution < 1.29 is 14.0 Å². The fourth-order valence-electron chi connectivity index (χ4n) is 5.13. The van der Waals surface area contributed by atoms with Gasteiger partial charge < -0.3 is 19.7 Å². The summed E-state index contributed by atoms with van der Waals surface area (Å²) in [5.41, 5.74) is 1.71. The zero-order valence-corrected chi connectivity index (χ0v) is 18.6. The topological polar surface area (TPSA) is 57.6 Å². The Bertz CT molecular complexity index is 964. The monoisotopic (exact) mass is 428 g/mol. The molecular formula is C24H33FN4O2. The van der Waals surface area contributed by atoms with Gasteiger partial charge in [0.15, 0.2) is 0 Å². The molecule has 4 rings (SSSR count). The van der Waals surface area contributed by atoms with E-state index in [0.717, 1.165) is 24.9 Å². The highest BCUT2D eigenvalue weighted by molar-refractivity contribution is 6.14. The van der Waals surface area contributed by atoms with Crippen LogP contribution in [-0.4, -0.2) is 54.0 Å². The highest BCUT2D eigenvalue weighted by Gasteiger charge is 2.31. The third-order valence-corrected chi connectivity index (χ3v) is 6.86. The van der Waals surface area contributed by atoms with Gasteiger partial charge in [0.2, 0.25) is 5.91 Å². The number of nitrogens with one attached hydrogen (secondary N) is 1. The van der Waals surface area contributed by atoms with Gasteiger partial charge in [-0.25, -0.2) is 4.39 Å². The first-order valence-electron chi connectivity index (χ1n) is 11.5. The van der Waals surface area contributed by atoms with Crippen LogP contribution in [0, 0.1) is 5.82 Å². The predicted octanol–water partition coefficient (Wildman–Crippen LogP) is 3.83. The predicted molar refractivity (Wildman–Crippen MR) is 121 cm³/mol. The minimum absolute atomic E-state index is 0.0140. The Morgan fingerprint density at radius 2 is 2.00 bits per heavy atom. The van der Waals surface area contributed by atoms with E-state index in [9.17, 15) is 14.0 Å². The molecule has 1 saturated heterocycles. The number of hydrogen-bond donors (Lipinski definition) is 1. The Morgan fingerprint density at radius 3 is 2.71 bits per heavy atom. The molecule has 7 heteroatoms. The van der Waals surface area contributed by atoms with E-state index in [1.54, 1.807) is 22.6 Å². The van der Waals surface area contributed by atoms with E-state index >= 15 is 0 Å². The lowest BCUT2D eigenvalue weighted by atomic mass is 9.94. The van der Waals surface area contributed by atoms with Crippen LogP contribution in [0.3, 0.4) is 0 Å². The molecule has 1 aliphatic carbocycles. The molecule has 31 heavy (non-hydrogen) atoms. The summed E-state index contributed by atoms with van der Waals surface area (Å²) < 4.78 is 15.8. The van der Waals surface area contributed by atoms with Crippen LogP contribution in [0.5, 0.6) is 0 Å². The number of nitrogens with zero attached hydrogens (tertiary/aromatic N) is 3. The van der Waals surface area contributed by atoms with Crippen molar-refractivity contribution in [2.75, 3.05) is 31.6 Å². The van der Waals surface area contributed by atoms with Crippen LogP contribution >= 0.6 is 0 Å². The summed E-state index contributed by atoms with van der Waals surface area (Å²) in [6, 6.07) is 5.14. The van der Waals surface area contributed by atoms with Crippen LogP contribution in [0.1, 0.15) is 61.9 Å². The Kier molecular flexibility index (Phi) is 6.60. The van der Waals surface area contributed by atoms with E-state index in [-0.39, 0.29) is 17.6 Å². The highest BCUT2D eigenvalue weighted by Crippen LogP contribution is 2.36. The summed E-state index contributed by atoms with van der Waals surface area (Å²) in [6.45, 7) is 2.07. The number of carbonyl (C=O) groups is 2. The van der Waals surface area contributed by atoms with Crippen LogP contribution in [0.25, 0.3) is 10.9 Å². The van der Waals surface area contributed by atoms with Crippen molar-refractivity contribution in [2.45, 2.75) is 57.4 Å². The number of fused-ring (bicyclic) bond motifs is 1. The van der Waals surface area contributed by atoms with Gasteiger partial charge in [-0.1, -0.05) is 19.3 Å². The maximum atomic E-state index is 14.0. The number of aromatic nitrogens is 1. The van der Waals surface area contributed by atoms with Crippen molar-refractivity contribution in [3.05, 3.63) is 29.7 Å². The number of benzene rings is 1. The van der Waals surface area contributed by atoms with Crippen molar-refractivity contribution in [1.29, 1.82) is 0 Å². The van der Waals surface area contributed by atoms with Gasteiger partial charge in [0.25, 0.3) is 5.91 Å². The smallest absolute Gasteiger partial charge is 0.270 e. The Hall–Kier alpha value is -2.41. The second-order valence-electron chi connectivity index (χ2n) is 8.95. The number of carbonyl (C=O) groups excluding carboxylic acids is 2. The zero-order valence-electron chi connectivity index (χ0n) is 18.6. The number of aryl methyl sites for hydroxylation is 1. The molecule has 0 radical (unpaired) electrons. The molecule has 0 unspecified atom stereocenters. The first-order valence-corrected chi connectivity index (χ1v) is 11.5. The third kappa shape index (κ3) is 4.47. The SMILES string of the molecule is CN(CCCNC(=O)c1c(N2CCCC2=O)c2cc(F)ccc2n1C)C1CCCCC1. The third-order valence-electron chi connectivity index (χ3n) is 6.86. The first kappa shape index (κ1) is 21.8. The molecule has 2 fully saturated rings. The van der Waals surface area contributed by atoms with Gasteiger partial charge in [0, 0.05) is 38.0 Å². The normalized spacial score (nSPS) is 17.8. The van der Waals surface area contributed by atoms with Gasteiger partial charge in [0.1, 0.15) is 11.5 Å². The Morgan fingerprint density at radius 1 is 1.23 bits per heavy atom. The molecule has 2 heterocycles. The standard InChI is InChI=1S/C24H33FN4O2/c1-27(18-8-4-3-5-9-18)14-7-13-26-24(31)23-22(29-15-6-10-21(29)30)19-16-17(25)11-12-20(19)28(23)2/h11-12,16,18H,3-10,13-15H2,1-2H3,(H,26,31). The van der Waals surface area contributed by atoms with Crippen molar-refractivity contribution in [3.8, 4) is 0 Å². The lowest BCUT2D eigenvalue weighted by Crippen LogP contribution is -2.36. The number of halogens is 1. The lowest BCUT2D eigenvalue weighted by molar-refractivity contribution is -0.117. The molecule has 6 nitrogen and oxygen atoms in total. The molecule has 1 saturated carbocycles. The van der Waals surface area contributed by atoms with Gasteiger partial charge in [-0.05, 0) is 57.5 Å². The van der Waals surface area contributed by atoms with Crippen LogP contribution in [-0.2, 0) is 11.8 Å². The summed E-state index contributed by atoms with van der Waals surface area (Å²) in [4.78, 5) is 29.7. The number of anilines is 1. The summed E-state index contributed by atoms with van der Waals surface area (Å²) in [6.07, 6.45) is 8.58. The van der Waals surface area contributed by atoms with E-state index < -0.39 is 0 Å². The van der Waals surface area contributed by atoms with Gasteiger partial charge >= 0.3 is 0 Å². The zero-order chi connectivity index (χ0) is 22.0. The van der Waals surface area contributed by atoms with Gasteiger partial charge in [-0.2, -0.15) is 0 Å². The molecule has 1 aliphatic heterocycles. The number of hydrogen-bond acceptors (Lipinski definition) is 3. The molecule has 0 bridgehead atoms. The maximum Gasteiger partial charge on any atom is 0.270 e. The fraction of sp³-hybridized carbons (Fsp3) is 0.583. The number of amides is 2. The molecule has 2 aliphatic rings. The summed E-state index contributed by atoms with van der Waals surface area (Å²) in [7, 11) is 3.98. The number of rotatable bonds is 7.